The lowest BCUT2D eigenvalue weighted by molar-refractivity contribution is 0.00598. The van der Waals surface area contributed by atoms with Crippen molar-refractivity contribution in [1.82, 2.24) is 5.32 Å². The average Bonchev–Trinajstić information content (AvgIpc) is 2.50. The van der Waals surface area contributed by atoms with Gasteiger partial charge in [-0.2, -0.15) is 0 Å². The van der Waals surface area contributed by atoms with E-state index in [9.17, 15) is 4.79 Å². The number of urea groups is 1. The highest BCUT2D eigenvalue weighted by atomic mass is 16.5. The van der Waals surface area contributed by atoms with Gasteiger partial charge < -0.3 is 20.7 Å². The van der Waals surface area contributed by atoms with Crippen molar-refractivity contribution in [3.8, 4) is 0 Å². The smallest absolute Gasteiger partial charge is 0.318 e. The van der Waals surface area contributed by atoms with Gasteiger partial charge >= 0.3 is 6.03 Å². The number of benzene rings is 1. The monoisotopic (exact) mass is 291 g/mol. The van der Waals surface area contributed by atoms with Gasteiger partial charge in [-0.25, -0.2) is 4.79 Å². The lowest BCUT2D eigenvalue weighted by Crippen LogP contribution is -2.33. The van der Waals surface area contributed by atoms with Crippen molar-refractivity contribution >= 4 is 17.4 Å². The molecule has 1 saturated heterocycles. The first kappa shape index (κ1) is 15.6. The molecule has 1 aliphatic rings. The predicted molar refractivity (Wildman–Crippen MR) is 85.8 cm³/mol. The molecule has 2 unspecified atom stereocenters. The molecule has 0 aromatic heterocycles. The van der Waals surface area contributed by atoms with Crippen LogP contribution < -0.4 is 16.0 Å². The molecule has 1 fully saturated rings. The maximum atomic E-state index is 11.2. The Balaban J connectivity index is 1.86. The number of carbonyl (C=O) groups is 1. The van der Waals surface area contributed by atoms with Crippen molar-refractivity contribution < 1.29 is 9.53 Å². The van der Waals surface area contributed by atoms with Gasteiger partial charge in [0, 0.05) is 31.1 Å². The van der Waals surface area contributed by atoms with Crippen molar-refractivity contribution in [3.63, 3.8) is 0 Å². The van der Waals surface area contributed by atoms with Gasteiger partial charge in [0.1, 0.15) is 0 Å². The molecule has 1 aromatic carbocycles. The Labute approximate surface area is 126 Å². The fraction of sp³-hybridized carbons (Fsp3) is 0.562. The average molecular weight is 291 g/mol. The Morgan fingerprint density at radius 1 is 1.29 bits per heavy atom. The summed E-state index contributed by atoms with van der Waals surface area (Å²) in [6, 6.07) is 8.06. The number of anilines is 2. The fourth-order valence-electron chi connectivity index (χ4n) is 2.61. The molecule has 2 rings (SSSR count). The number of nitrogens with one attached hydrogen (secondary N) is 3. The number of ether oxygens (including phenoxy) is 1. The first-order valence-electron chi connectivity index (χ1n) is 7.68. The van der Waals surface area contributed by atoms with E-state index in [1.165, 1.54) is 0 Å². The summed E-state index contributed by atoms with van der Waals surface area (Å²) < 4.78 is 5.77. The second kappa shape index (κ2) is 7.88. The van der Waals surface area contributed by atoms with Crippen molar-refractivity contribution in [1.29, 1.82) is 0 Å². The predicted octanol–water partition coefficient (Wildman–Crippen LogP) is 3.20. The van der Waals surface area contributed by atoms with Crippen LogP contribution in [0.25, 0.3) is 0 Å². The Kier molecular flexibility index (Phi) is 5.87. The van der Waals surface area contributed by atoms with Gasteiger partial charge in [0.25, 0.3) is 0 Å². The molecule has 0 bridgehead atoms. The maximum Gasteiger partial charge on any atom is 0.318 e. The minimum absolute atomic E-state index is 0.206. The Morgan fingerprint density at radius 3 is 2.67 bits per heavy atom. The zero-order valence-electron chi connectivity index (χ0n) is 12.8. The Morgan fingerprint density at radius 2 is 2.00 bits per heavy atom. The van der Waals surface area contributed by atoms with E-state index in [0.717, 1.165) is 43.7 Å². The van der Waals surface area contributed by atoms with Crippen LogP contribution in [0, 0.1) is 0 Å². The van der Waals surface area contributed by atoms with Crippen molar-refractivity contribution in [3.05, 3.63) is 24.3 Å². The summed E-state index contributed by atoms with van der Waals surface area (Å²) in [6.45, 7) is 3.03. The number of carbonyl (C=O) groups excluding carboxylic acids is 1. The van der Waals surface area contributed by atoms with Crippen LogP contribution in [0.1, 0.15) is 32.6 Å². The molecule has 1 aromatic rings. The topological polar surface area (TPSA) is 62.4 Å². The van der Waals surface area contributed by atoms with Gasteiger partial charge in [-0.3, -0.25) is 0 Å². The lowest BCUT2D eigenvalue weighted by atomic mass is 10.00. The first-order chi connectivity index (χ1) is 10.2. The van der Waals surface area contributed by atoms with Gasteiger partial charge in [-0.05, 0) is 43.5 Å². The van der Waals surface area contributed by atoms with Crippen LogP contribution in [0.4, 0.5) is 16.2 Å². The summed E-state index contributed by atoms with van der Waals surface area (Å²) in [5.41, 5.74) is 1.87. The van der Waals surface area contributed by atoms with E-state index in [-0.39, 0.29) is 6.03 Å². The molecule has 5 heteroatoms. The van der Waals surface area contributed by atoms with E-state index in [1.807, 2.05) is 24.3 Å². The summed E-state index contributed by atoms with van der Waals surface area (Å²) in [4.78, 5) is 11.2. The second-order valence-electron chi connectivity index (χ2n) is 5.43. The summed E-state index contributed by atoms with van der Waals surface area (Å²) in [5.74, 6) is 0. The normalized spacial score (nSPS) is 21.6. The molecule has 21 heavy (non-hydrogen) atoms. The number of hydrogen-bond donors (Lipinski definition) is 3. The zero-order chi connectivity index (χ0) is 15.1. The van der Waals surface area contributed by atoms with Crippen LogP contribution in [0.3, 0.4) is 0 Å². The number of rotatable bonds is 5. The molecule has 1 heterocycles. The van der Waals surface area contributed by atoms with E-state index in [2.05, 4.69) is 22.9 Å². The summed E-state index contributed by atoms with van der Waals surface area (Å²) >= 11 is 0. The molecule has 0 spiro atoms. The third kappa shape index (κ3) is 4.93. The molecule has 5 nitrogen and oxygen atoms in total. The minimum atomic E-state index is -0.206. The molecule has 3 N–H and O–H groups in total. The molecular formula is C16H25N3O2. The highest BCUT2D eigenvalue weighted by Crippen LogP contribution is 2.22. The lowest BCUT2D eigenvalue weighted by Gasteiger charge is -2.30. The molecule has 2 atom stereocenters. The van der Waals surface area contributed by atoms with E-state index in [4.69, 9.17) is 4.74 Å². The summed E-state index contributed by atoms with van der Waals surface area (Å²) in [7, 11) is 1.60. The van der Waals surface area contributed by atoms with Crippen molar-refractivity contribution in [2.24, 2.45) is 0 Å². The SMILES string of the molecule is CCCC1CC(Nc2ccc(NC(=O)NC)cc2)CCO1. The van der Waals surface area contributed by atoms with E-state index in [0.29, 0.717) is 12.1 Å². The van der Waals surface area contributed by atoms with Crippen LogP contribution in [0.2, 0.25) is 0 Å². The van der Waals surface area contributed by atoms with Crippen LogP contribution >= 0.6 is 0 Å². The van der Waals surface area contributed by atoms with Crippen molar-refractivity contribution in [2.45, 2.75) is 44.8 Å². The highest BCUT2D eigenvalue weighted by Gasteiger charge is 2.21. The highest BCUT2D eigenvalue weighted by molar-refractivity contribution is 5.89. The van der Waals surface area contributed by atoms with Crippen molar-refractivity contribution in [2.75, 3.05) is 24.3 Å². The number of amides is 2. The van der Waals surface area contributed by atoms with E-state index < -0.39 is 0 Å². The van der Waals surface area contributed by atoms with Crippen LogP contribution in [0.5, 0.6) is 0 Å². The molecule has 0 saturated carbocycles. The van der Waals surface area contributed by atoms with Gasteiger partial charge in [-0.15, -0.1) is 0 Å². The second-order valence-corrected chi connectivity index (χ2v) is 5.43. The molecule has 0 aliphatic carbocycles. The minimum Gasteiger partial charge on any atom is -0.382 e. The van der Waals surface area contributed by atoms with Gasteiger partial charge in [-0.1, -0.05) is 13.3 Å². The molecular weight excluding hydrogens is 266 g/mol. The van der Waals surface area contributed by atoms with Crippen LogP contribution in [0.15, 0.2) is 24.3 Å². The fourth-order valence-corrected chi connectivity index (χ4v) is 2.61. The van der Waals surface area contributed by atoms with Gasteiger partial charge in [0.2, 0.25) is 0 Å². The van der Waals surface area contributed by atoms with Gasteiger partial charge in [0.15, 0.2) is 0 Å². The third-order valence-electron chi connectivity index (χ3n) is 3.72. The first-order valence-corrected chi connectivity index (χ1v) is 7.68. The summed E-state index contributed by atoms with van der Waals surface area (Å²) in [6.07, 6.45) is 4.78. The van der Waals surface area contributed by atoms with E-state index in [1.54, 1.807) is 7.05 Å². The molecule has 1 aliphatic heterocycles. The van der Waals surface area contributed by atoms with Crippen LogP contribution in [-0.4, -0.2) is 31.8 Å². The molecule has 116 valence electrons. The third-order valence-corrected chi connectivity index (χ3v) is 3.72. The Hall–Kier alpha value is -1.75. The number of hydrogen-bond acceptors (Lipinski definition) is 3. The standard InChI is InChI=1S/C16H25N3O2/c1-3-4-15-11-14(9-10-21-15)18-12-5-7-13(8-6-12)19-16(20)17-2/h5-8,14-15,18H,3-4,9-11H2,1-2H3,(H2,17,19,20). The molecule has 0 radical (unpaired) electrons. The van der Waals surface area contributed by atoms with E-state index >= 15 is 0 Å². The Bertz CT molecular complexity index is 445. The van der Waals surface area contributed by atoms with Crippen LogP contribution in [-0.2, 0) is 4.74 Å². The zero-order valence-corrected chi connectivity index (χ0v) is 12.8. The quantitative estimate of drug-likeness (QED) is 0.780. The largest absolute Gasteiger partial charge is 0.382 e. The maximum absolute atomic E-state index is 11.2. The molecule has 2 amide bonds. The van der Waals surface area contributed by atoms with Gasteiger partial charge in [0.05, 0.1) is 6.10 Å². The summed E-state index contributed by atoms with van der Waals surface area (Å²) in [5, 5.41) is 8.83.